The van der Waals surface area contributed by atoms with Gasteiger partial charge in [0.15, 0.2) is 0 Å². The van der Waals surface area contributed by atoms with E-state index in [4.69, 9.17) is 5.11 Å². The second kappa shape index (κ2) is 7.00. The fraction of sp³-hybridized carbons (Fsp3) is 0.929. The Balaban J connectivity index is 2.23. The van der Waals surface area contributed by atoms with Gasteiger partial charge >= 0.3 is 5.97 Å². The van der Waals surface area contributed by atoms with Gasteiger partial charge in [-0.05, 0) is 44.6 Å². The van der Waals surface area contributed by atoms with Crippen molar-refractivity contribution in [1.82, 2.24) is 4.90 Å². The molecule has 1 atom stereocenters. The van der Waals surface area contributed by atoms with Gasteiger partial charge in [-0.1, -0.05) is 20.3 Å². The van der Waals surface area contributed by atoms with Gasteiger partial charge in [0.25, 0.3) is 0 Å². The lowest BCUT2D eigenvalue weighted by Gasteiger charge is -2.30. The lowest BCUT2D eigenvalue weighted by molar-refractivity contribution is -0.143. The highest BCUT2D eigenvalue weighted by Crippen LogP contribution is 2.29. The minimum absolute atomic E-state index is 0.0777. The van der Waals surface area contributed by atoms with Gasteiger partial charge in [0.2, 0.25) is 0 Å². The van der Waals surface area contributed by atoms with E-state index in [9.17, 15) is 4.79 Å². The minimum atomic E-state index is -0.601. The van der Waals surface area contributed by atoms with Crippen LogP contribution >= 0.6 is 0 Å². The maximum atomic E-state index is 10.9. The molecular formula is C14H27NO2. The van der Waals surface area contributed by atoms with Crippen molar-refractivity contribution in [3.05, 3.63) is 0 Å². The number of aliphatic carboxylic acids is 1. The smallest absolute Gasteiger partial charge is 0.306 e. The first kappa shape index (κ1) is 14.5. The Morgan fingerprint density at radius 3 is 2.41 bits per heavy atom. The van der Waals surface area contributed by atoms with Crippen LogP contribution in [0.3, 0.4) is 0 Å². The van der Waals surface area contributed by atoms with Crippen molar-refractivity contribution in [2.45, 2.75) is 46.0 Å². The Kier molecular flexibility index (Phi) is 5.96. The lowest BCUT2D eigenvalue weighted by atomic mass is 9.82. The van der Waals surface area contributed by atoms with Crippen molar-refractivity contribution >= 4 is 5.97 Å². The first-order chi connectivity index (χ1) is 8.02. The Bertz CT molecular complexity index is 234. The third kappa shape index (κ3) is 5.07. The summed E-state index contributed by atoms with van der Waals surface area (Å²) in [6.45, 7) is 6.82. The van der Waals surface area contributed by atoms with E-state index in [0.29, 0.717) is 5.92 Å². The summed E-state index contributed by atoms with van der Waals surface area (Å²) in [7, 11) is 2.19. The zero-order chi connectivity index (χ0) is 12.8. The van der Waals surface area contributed by atoms with E-state index in [1.807, 2.05) is 0 Å². The first-order valence-electron chi connectivity index (χ1n) is 6.94. The molecule has 0 aromatic heterocycles. The van der Waals surface area contributed by atoms with Crippen LogP contribution in [0.25, 0.3) is 0 Å². The predicted octanol–water partition coefficient (Wildman–Crippen LogP) is 2.86. The molecule has 0 heterocycles. The SMILES string of the molecule is CCC(C)CN(C)CC1CCC(C(=O)O)CC1. The maximum absolute atomic E-state index is 10.9. The molecule has 3 heteroatoms. The zero-order valence-electron chi connectivity index (χ0n) is 11.5. The zero-order valence-corrected chi connectivity index (χ0v) is 11.5. The van der Waals surface area contributed by atoms with E-state index in [1.54, 1.807) is 0 Å². The fourth-order valence-electron chi connectivity index (χ4n) is 2.77. The van der Waals surface area contributed by atoms with Gasteiger partial charge in [0.1, 0.15) is 0 Å². The molecule has 1 N–H and O–H groups in total. The molecule has 0 saturated heterocycles. The maximum Gasteiger partial charge on any atom is 0.306 e. The van der Waals surface area contributed by atoms with Crippen molar-refractivity contribution in [3.63, 3.8) is 0 Å². The molecule has 0 spiro atoms. The summed E-state index contributed by atoms with van der Waals surface area (Å²) in [5.41, 5.74) is 0. The molecule has 0 aromatic rings. The average Bonchev–Trinajstić information content (AvgIpc) is 2.29. The fourth-order valence-corrected chi connectivity index (χ4v) is 2.77. The number of carboxylic acids is 1. The standard InChI is InChI=1S/C14H27NO2/c1-4-11(2)9-15(3)10-12-5-7-13(8-6-12)14(16)17/h11-13H,4-10H2,1-3H3,(H,16,17). The molecule has 0 aliphatic heterocycles. The van der Waals surface area contributed by atoms with E-state index < -0.39 is 5.97 Å². The van der Waals surface area contributed by atoms with Gasteiger partial charge in [-0.3, -0.25) is 4.79 Å². The normalized spacial score (nSPS) is 27.1. The minimum Gasteiger partial charge on any atom is -0.481 e. The number of hydrogen-bond donors (Lipinski definition) is 1. The summed E-state index contributed by atoms with van der Waals surface area (Å²) < 4.78 is 0. The summed E-state index contributed by atoms with van der Waals surface area (Å²) in [5.74, 6) is 0.789. The van der Waals surface area contributed by atoms with Gasteiger partial charge in [0.05, 0.1) is 5.92 Å². The van der Waals surface area contributed by atoms with Crippen molar-refractivity contribution in [2.24, 2.45) is 17.8 Å². The summed E-state index contributed by atoms with van der Waals surface area (Å²) in [6, 6.07) is 0. The molecular weight excluding hydrogens is 214 g/mol. The number of nitrogens with zero attached hydrogens (tertiary/aromatic N) is 1. The van der Waals surface area contributed by atoms with Crippen molar-refractivity contribution in [3.8, 4) is 0 Å². The highest BCUT2D eigenvalue weighted by Gasteiger charge is 2.26. The van der Waals surface area contributed by atoms with Crippen molar-refractivity contribution in [2.75, 3.05) is 20.1 Å². The molecule has 0 radical (unpaired) electrons. The highest BCUT2D eigenvalue weighted by molar-refractivity contribution is 5.69. The van der Waals surface area contributed by atoms with Gasteiger partial charge in [-0.25, -0.2) is 0 Å². The topological polar surface area (TPSA) is 40.5 Å². The summed E-state index contributed by atoms with van der Waals surface area (Å²) in [4.78, 5) is 13.3. The molecule has 17 heavy (non-hydrogen) atoms. The molecule has 1 aliphatic rings. The third-order valence-corrected chi connectivity index (χ3v) is 4.09. The number of carboxylic acid groups (broad SMARTS) is 1. The molecule has 3 nitrogen and oxygen atoms in total. The van der Waals surface area contributed by atoms with Crippen LogP contribution in [0.4, 0.5) is 0 Å². The number of hydrogen-bond acceptors (Lipinski definition) is 2. The van der Waals surface area contributed by atoms with Crippen LogP contribution < -0.4 is 0 Å². The number of carbonyl (C=O) groups is 1. The van der Waals surface area contributed by atoms with Gasteiger partial charge in [0, 0.05) is 13.1 Å². The second-order valence-corrected chi connectivity index (χ2v) is 5.79. The van der Waals surface area contributed by atoms with Gasteiger partial charge in [-0.15, -0.1) is 0 Å². The van der Waals surface area contributed by atoms with Crippen LogP contribution in [0.1, 0.15) is 46.0 Å². The van der Waals surface area contributed by atoms with Crippen molar-refractivity contribution in [1.29, 1.82) is 0 Å². The van der Waals surface area contributed by atoms with Crippen LogP contribution in [-0.2, 0) is 4.79 Å². The monoisotopic (exact) mass is 241 g/mol. The lowest BCUT2D eigenvalue weighted by Crippen LogP contribution is -2.32. The average molecular weight is 241 g/mol. The third-order valence-electron chi connectivity index (χ3n) is 4.09. The molecule has 1 rings (SSSR count). The Labute approximate surface area is 105 Å². The molecule has 0 amide bonds. The Morgan fingerprint density at radius 1 is 1.35 bits per heavy atom. The molecule has 0 aromatic carbocycles. The van der Waals surface area contributed by atoms with E-state index in [0.717, 1.165) is 44.7 Å². The second-order valence-electron chi connectivity index (χ2n) is 5.79. The Morgan fingerprint density at radius 2 is 1.94 bits per heavy atom. The molecule has 100 valence electrons. The van der Waals surface area contributed by atoms with E-state index in [1.165, 1.54) is 6.42 Å². The summed E-state index contributed by atoms with van der Waals surface area (Å²) in [5, 5.41) is 8.95. The van der Waals surface area contributed by atoms with E-state index in [-0.39, 0.29) is 5.92 Å². The largest absolute Gasteiger partial charge is 0.481 e. The van der Waals surface area contributed by atoms with Crippen LogP contribution in [0, 0.1) is 17.8 Å². The number of rotatable bonds is 6. The molecule has 1 fully saturated rings. The summed E-state index contributed by atoms with van der Waals surface area (Å²) >= 11 is 0. The molecule has 1 saturated carbocycles. The summed E-state index contributed by atoms with van der Waals surface area (Å²) in [6.07, 6.45) is 5.15. The molecule has 1 aliphatic carbocycles. The highest BCUT2D eigenvalue weighted by atomic mass is 16.4. The van der Waals surface area contributed by atoms with Crippen LogP contribution in [0.15, 0.2) is 0 Å². The van der Waals surface area contributed by atoms with Crippen LogP contribution in [0.5, 0.6) is 0 Å². The van der Waals surface area contributed by atoms with Gasteiger partial charge < -0.3 is 10.0 Å². The Hall–Kier alpha value is -0.570. The molecule has 0 bridgehead atoms. The first-order valence-corrected chi connectivity index (χ1v) is 6.94. The van der Waals surface area contributed by atoms with Gasteiger partial charge in [-0.2, -0.15) is 0 Å². The van der Waals surface area contributed by atoms with E-state index in [2.05, 4.69) is 25.8 Å². The molecule has 1 unspecified atom stereocenters. The van der Waals surface area contributed by atoms with Crippen LogP contribution in [-0.4, -0.2) is 36.1 Å². The van der Waals surface area contributed by atoms with Crippen molar-refractivity contribution < 1.29 is 9.90 Å². The van der Waals surface area contributed by atoms with Crippen LogP contribution in [0.2, 0.25) is 0 Å². The predicted molar refractivity (Wildman–Crippen MR) is 70.0 cm³/mol. The van der Waals surface area contributed by atoms with E-state index >= 15 is 0 Å². The quantitative estimate of drug-likeness (QED) is 0.777.